The van der Waals surface area contributed by atoms with Crippen molar-refractivity contribution in [3.63, 3.8) is 0 Å². The van der Waals surface area contributed by atoms with E-state index >= 15 is 0 Å². The number of nitrogens with one attached hydrogen (secondary N) is 1. The highest BCUT2D eigenvalue weighted by Crippen LogP contribution is 2.20. The SMILES string of the molecule is CCCC(=O)N1CCCC1C(=O)NS(=O)(=O)Cc1ccc(C)cc1F. The molecule has 1 aromatic rings. The lowest BCUT2D eigenvalue weighted by Gasteiger charge is -2.23. The first-order valence-electron chi connectivity index (χ1n) is 8.32. The molecular formula is C17H23FN2O4S. The highest BCUT2D eigenvalue weighted by atomic mass is 32.2. The molecule has 1 N–H and O–H groups in total. The minimum atomic E-state index is -4.05. The fourth-order valence-corrected chi connectivity index (χ4v) is 4.09. The van der Waals surface area contributed by atoms with Crippen molar-refractivity contribution < 1.29 is 22.4 Å². The van der Waals surface area contributed by atoms with Crippen LogP contribution in [0.5, 0.6) is 0 Å². The van der Waals surface area contributed by atoms with Gasteiger partial charge in [0, 0.05) is 18.5 Å². The van der Waals surface area contributed by atoms with Gasteiger partial charge in [-0.05, 0) is 37.8 Å². The van der Waals surface area contributed by atoms with Gasteiger partial charge >= 0.3 is 0 Å². The third-order valence-corrected chi connectivity index (χ3v) is 5.35. The van der Waals surface area contributed by atoms with Crippen molar-refractivity contribution in [2.75, 3.05) is 6.54 Å². The second-order valence-corrected chi connectivity index (χ2v) is 8.04. The topological polar surface area (TPSA) is 83.6 Å². The van der Waals surface area contributed by atoms with E-state index < -0.39 is 33.5 Å². The molecule has 1 atom stereocenters. The molecule has 0 bridgehead atoms. The third-order valence-electron chi connectivity index (χ3n) is 4.15. The van der Waals surface area contributed by atoms with Crippen LogP contribution in [-0.2, 0) is 25.4 Å². The fraction of sp³-hybridized carbons (Fsp3) is 0.529. The number of sulfonamides is 1. The zero-order valence-electron chi connectivity index (χ0n) is 14.4. The minimum absolute atomic E-state index is 0.00348. The van der Waals surface area contributed by atoms with E-state index in [9.17, 15) is 22.4 Å². The van der Waals surface area contributed by atoms with Crippen LogP contribution >= 0.6 is 0 Å². The van der Waals surface area contributed by atoms with Crippen molar-refractivity contribution in [2.45, 2.75) is 51.3 Å². The Hall–Kier alpha value is -1.96. The Kier molecular flexibility index (Phi) is 6.16. The van der Waals surface area contributed by atoms with Crippen molar-refractivity contribution in [1.29, 1.82) is 0 Å². The maximum absolute atomic E-state index is 13.8. The van der Waals surface area contributed by atoms with Crippen LogP contribution in [0.25, 0.3) is 0 Å². The average Bonchev–Trinajstić information content (AvgIpc) is 2.99. The summed E-state index contributed by atoms with van der Waals surface area (Å²) in [5, 5.41) is 0. The number of hydrogen-bond acceptors (Lipinski definition) is 4. The molecule has 1 saturated heterocycles. The number of carbonyl (C=O) groups is 2. The van der Waals surface area contributed by atoms with Gasteiger partial charge in [0.05, 0.1) is 5.75 Å². The number of carbonyl (C=O) groups excluding carboxylic acids is 2. The molecule has 1 unspecified atom stereocenters. The maximum atomic E-state index is 13.8. The smallest absolute Gasteiger partial charge is 0.256 e. The molecule has 1 aliphatic rings. The molecule has 2 amide bonds. The average molecular weight is 370 g/mol. The zero-order chi connectivity index (χ0) is 18.6. The van der Waals surface area contributed by atoms with Crippen LogP contribution in [0.4, 0.5) is 4.39 Å². The Labute approximate surface area is 147 Å². The summed E-state index contributed by atoms with van der Waals surface area (Å²) in [7, 11) is -4.05. The molecule has 0 aliphatic carbocycles. The summed E-state index contributed by atoms with van der Waals surface area (Å²) < 4.78 is 40.2. The van der Waals surface area contributed by atoms with Gasteiger partial charge in [0.1, 0.15) is 11.9 Å². The summed E-state index contributed by atoms with van der Waals surface area (Å²) in [5.74, 6) is -2.13. The molecule has 1 aromatic carbocycles. The van der Waals surface area contributed by atoms with Crippen LogP contribution in [0, 0.1) is 12.7 Å². The van der Waals surface area contributed by atoms with Crippen LogP contribution in [0.1, 0.15) is 43.7 Å². The maximum Gasteiger partial charge on any atom is 0.256 e. The highest BCUT2D eigenvalue weighted by molar-refractivity contribution is 7.89. The molecule has 0 spiro atoms. The number of benzene rings is 1. The van der Waals surface area contributed by atoms with Crippen LogP contribution in [-0.4, -0.2) is 37.7 Å². The standard InChI is InChI=1S/C17H23FN2O4S/c1-3-5-16(21)20-9-4-6-15(20)17(22)19-25(23,24)11-13-8-7-12(2)10-14(13)18/h7-8,10,15H,3-6,9,11H2,1-2H3,(H,19,22). The van der Waals surface area contributed by atoms with Crippen molar-refractivity contribution >= 4 is 21.8 Å². The van der Waals surface area contributed by atoms with Gasteiger partial charge < -0.3 is 4.90 Å². The summed E-state index contributed by atoms with van der Waals surface area (Å²) >= 11 is 0. The molecule has 0 saturated carbocycles. The van der Waals surface area contributed by atoms with Gasteiger partial charge in [0.2, 0.25) is 15.9 Å². The van der Waals surface area contributed by atoms with E-state index in [1.165, 1.54) is 17.0 Å². The van der Waals surface area contributed by atoms with E-state index in [4.69, 9.17) is 0 Å². The number of likely N-dealkylation sites (tertiary alicyclic amines) is 1. The molecular weight excluding hydrogens is 347 g/mol. The number of rotatable bonds is 6. The van der Waals surface area contributed by atoms with Crippen LogP contribution < -0.4 is 4.72 Å². The summed E-state index contributed by atoms with van der Waals surface area (Å²) in [6.45, 7) is 4.01. The summed E-state index contributed by atoms with van der Waals surface area (Å²) in [6.07, 6.45) is 2.07. The Balaban J connectivity index is 2.06. The van der Waals surface area contributed by atoms with Crippen molar-refractivity contribution in [3.05, 3.63) is 35.1 Å². The first kappa shape index (κ1) is 19.4. The van der Waals surface area contributed by atoms with E-state index in [2.05, 4.69) is 0 Å². The number of amides is 2. The Morgan fingerprint density at radius 2 is 2.08 bits per heavy atom. The highest BCUT2D eigenvalue weighted by Gasteiger charge is 2.35. The van der Waals surface area contributed by atoms with Crippen molar-refractivity contribution in [3.8, 4) is 0 Å². The van der Waals surface area contributed by atoms with Gasteiger partial charge in [-0.25, -0.2) is 12.8 Å². The second kappa shape index (κ2) is 7.95. The monoisotopic (exact) mass is 370 g/mol. The van der Waals surface area contributed by atoms with Crippen LogP contribution in [0.15, 0.2) is 18.2 Å². The van der Waals surface area contributed by atoms with Gasteiger partial charge in [-0.1, -0.05) is 19.1 Å². The van der Waals surface area contributed by atoms with E-state index in [1.54, 1.807) is 13.0 Å². The Morgan fingerprint density at radius 3 is 2.72 bits per heavy atom. The van der Waals surface area contributed by atoms with Gasteiger partial charge in [-0.15, -0.1) is 0 Å². The van der Waals surface area contributed by atoms with E-state index in [0.29, 0.717) is 37.8 Å². The molecule has 1 fully saturated rings. The molecule has 138 valence electrons. The largest absolute Gasteiger partial charge is 0.331 e. The van der Waals surface area contributed by atoms with Gasteiger partial charge in [0.15, 0.2) is 0 Å². The van der Waals surface area contributed by atoms with E-state index in [0.717, 1.165) is 0 Å². The number of hydrogen-bond donors (Lipinski definition) is 1. The molecule has 0 radical (unpaired) electrons. The normalized spacial score (nSPS) is 17.6. The predicted molar refractivity (Wildman–Crippen MR) is 91.5 cm³/mol. The molecule has 8 heteroatoms. The molecule has 2 rings (SSSR count). The first-order chi connectivity index (χ1) is 11.7. The quantitative estimate of drug-likeness (QED) is 0.829. The fourth-order valence-electron chi connectivity index (χ4n) is 2.93. The molecule has 1 aliphatic heterocycles. The van der Waals surface area contributed by atoms with Crippen LogP contribution in [0.3, 0.4) is 0 Å². The van der Waals surface area contributed by atoms with Gasteiger partial charge in [0.25, 0.3) is 5.91 Å². The summed E-state index contributed by atoms with van der Waals surface area (Å²) in [4.78, 5) is 25.8. The Morgan fingerprint density at radius 1 is 1.36 bits per heavy atom. The van der Waals surface area contributed by atoms with E-state index in [1.807, 2.05) is 11.6 Å². The zero-order valence-corrected chi connectivity index (χ0v) is 15.2. The van der Waals surface area contributed by atoms with Crippen molar-refractivity contribution in [2.24, 2.45) is 0 Å². The van der Waals surface area contributed by atoms with Gasteiger partial charge in [-0.3, -0.25) is 14.3 Å². The van der Waals surface area contributed by atoms with E-state index in [-0.39, 0.29) is 11.5 Å². The lowest BCUT2D eigenvalue weighted by Crippen LogP contribution is -2.47. The predicted octanol–water partition coefficient (Wildman–Crippen LogP) is 1.87. The molecule has 25 heavy (non-hydrogen) atoms. The summed E-state index contributed by atoms with van der Waals surface area (Å²) in [6, 6.07) is 3.46. The van der Waals surface area contributed by atoms with Crippen LogP contribution in [0.2, 0.25) is 0 Å². The minimum Gasteiger partial charge on any atom is -0.331 e. The number of aryl methyl sites for hydroxylation is 1. The summed E-state index contributed by atoms with van der Waals surface area (Å²) in [5.41, 5.74) is 0.676. The third kappa shape index (κ3) is 5.01. The first-order valence-corrected chi connectivity index (χ1v) is 9.97. The van der Waals surface area contributed by atoms with Crippen molar-refractivity contribution in [1.82, 2.24) is 9.62 Å². The number of nitrogens with zero attached hydrogens (tertiary/aromatic N) is 1. The lowest BCUT2D eigenvalue weighted by molar-refractivity contribution is -0.137. The Bertz CT molecular complexity index is 764. The molecule has 6 nitrogen and oxygen atoms in total. The molecule has 0 aromatic heterocycles. The van der Waals surface area contributed by atoms with Gasteiger partial charge in [-0.2, -0.15) is 0 Å². The number of halogens is 1. The second-order valence-electron chi connectivity index (χ2n) is 6.32. The lowest BCUT2D eigenvalue weighted by atomic mass is 10.2. The molecule has 1 heterocycles.